The van der Waals surface area contributed by atoms with Gasteiger partial charge in [0.2, 0.25) is 0 Å². The molecule has 0 saturated carbocycles. The second-order valence-corrected chi connectivity index (χ2v) is 7.50. The fraction of sp³-hybridized carbons (Fsp3) is 0.824. The summed E-state index contributed by atoms with van der Waals surface area (Å²) in [5.74, 6) is 0. The number of rotatable bonds is 7. The lowest BCUT2D eigenvalue weighted by molar-refractivity contribution is 0.00993. The number of aryl methyl sites for hydroxylation is 1. The molecule has 1 saturated heterocycles. The van der Waals surface area contributed by atoms with Gasteiger partial charge in [0.25, 0.3) is 0 Å². The van der Waals surface area contributed by atoms with Gasteiger partial charge < -0.3 is 20.1 Å². The smallest absolute Gasteiger partial charge is 0.410 e. The van der Waals surface area contributed by atoms with E-state index in [9.17, 15) is 4.79 Å². The predicted molar refractivity (Wildman–Crippen MR) is 94.0 cm³/mol. The van der Waals surface area contributed by atoms with E-state index in [1.54, 1.807) is 4.68 Å². The maximum atomic E-state index is 12.4. The quantitative estimate of drug-likeness (QED) is 0.772. The molecule has 1 aliphatic rings. The van der Waals surface area contributed by atoms with Crippen molar-refractivity contribution < 1.29 is 14.6 Å². The average molecular weight is 353 g/mol. The molecule has 1 aliphatic heterocycles. The number of aliphatic hydroxyl groups excluding tert-OH is 1. The highest BCUT2D eigenvalue weighted by Crippen LogP contribution is 2.20. The molecule has 1 aromatic rings. The van der Waals surface area contributed by atoms with E-state index < -0.39 is 5.60 Å². The summed E-state index contributed by atoms with van der Waals surface area (Å²) in [5, 5.41) is 20.4. The average Bonchev–Trinajstić information content (AvgIpc) is 2.99. The Labute approximate surface area is 149 Å². The number of hydrogen-bond acceptors (Lipinski definition) is 6. The number of piperidine rings is 1. The number of aliphatic hydroxyl groups is 1. The van der Waals surface area contributed by atoms with Crippen molar-refractivity contribution in [2.24, 2.45) is 0 Å². The standard InChI is InChI=1S/C17H31N5O3/c1-17(2,3)25-16(24)22-9-5-4-7-15(22)12-18-11-14-13-21(20-19-14)8-6-10-23/h13,15,18,23H,4-12H2,1-3H3. The van der Waals surface area contributed by atoms with Crippen LogP contribution in [0.25, 0.3) is 0 Å². The zero-order chi connectivity index (χ0) is 18.3. The summed E-state index contributed by atoms with van der Waals surface area (Å²) < 4.78 is 7.26. The fourth-order valence-corrected chi connectivity index (χ4v) is 2.90. The molecule has 8 nitrogen and oxygen atoms in total. The van der Waals surface area contributed by atoms with Gasteiger partial charge in [0.15, 0.2) is 0 Å². The zero-order valence-corrected chi connectivity index (χ0v) is 15.6. The molecule has 2 N–H and O–H groups in total. The Kier molecular flexibility index (Phi) is 7.19. The van der Waals surface area contributed by atoms with Crippen molar-refractivity contribution in [3.8, 4) is 0 Å². The molecule has 0 aliphatic carbocycles. The van der Waals surface area contributed by atoms with Crippen LogP contribution in [0.4, 0.5) is 4.79 Å². The molecule has 0 spiro atoms. The van der Waals surface area contributed by atoms with Crippen molar-refractivity contribution in [3.63, 3.8) is 0 Å². The monoisotopic (exact) mass is 353 g/mol. The normalized spacial score (nSPS) is 18.4. The summed E-state index contributed by atoms with van der Waals surface area (Å²) in [6.07, 6.45) is 5.46. The van der Waals surface area contributed by atoms with Crippen molar-refractivity contribution in [1.82, 2.24) is 25.2 Å². The van der Waals surface area contributed by atoms with Crippen LogP contribution in [0, 0.1) is 0 Å². The summed E-state index contributed by atoms with van der Waals surface area (Å²) in [4.78, 5) is 14.2. The first-order valence-electron chi connectivity index (χ1n) is 9.09. The van der Waals surface area contributed by atoms with Crippen LogP contribution in [0.2, 0.25) is 0 Å². The molecule has 25 heavy (non-hydrogen) atoms. The number of hydrogen-bond donors (Lipinski definition) is 2. The van der Waals surface area contributed by atoms with Crippen molar-refractivity contribution in [2.75, 3.05) is 19.7 Å². The largest absolute Gasteiger partial charge is 0.444 e. The lowest BCUT2D eigenvalue weighted by Crippen LogP contribution is -2.50. The summed E-state index contributed by atoms with van der Waals surface area (Å²) >= 11 is 0. The van der Waals surface area contributed by atoms with Crippen LogP contribution in [0.5, 0.6) is 0 Å². The Morgan fingerprint density at radius 2 is 2.24 bits per heavy atom. The van der Waals surface area contributed by atoms with E-state index >= 15 is 0 Å². The molecular weight excluding hydrogens is 322 g/mol. The minimum Gasteiger partial charge on any atom is -0.444 e. The fourth-order valence-electron chi connectivity index (χ4n) is 2.90. The lowest BCUT2D eigenvalue weighted by Gasteiger charge is -2.36. The van der Waals surface area contributed by atoms with Gasteiger partial charge in [0, 0.05) is 45.0 Å². The summed E-state index contributed by atoms with van der Waals surface area (Å²) in [6.45, 7) is 8.56. The van der Waals surface area contributed by atoms with Gasteiger partial charge in [-0.3, -0.25) is 4.68 Å². The van der Waals surface area contributed by atoms with Gasteiger partial charge in [-0.05, 0) is 46.5 Å². The molecule has 0 aromatic carbocycles. The highest BCUT2D eigenvalue weighted by Gasteiger charge is 2.30. The number of amides is 1. The molecular formula is C17H31N5O3. The summed E-state index contributed by atoms with van der Waals surface area (Å²) in [5.41, 5.74) is 0.386. The Balaban J connectivity index is 1.81. The minimum absolute atomic E-state index is 0.146. The van der Waals surface area contributed by atoms with E-state index in [4.69, 9.17) is 9.84 Å². The molecule has 1 amide bonds. The lowest BCUT2D eigenvalue weighted by atomic mass is 10.0. The van der Waals surface area contributed by atoms with E-state index in [1.807, 2.05) is 31.9 Å². The number of nitrogens with zero attached hydrogens (tertiary/aromatic N) is 4. The molecule has 0 radical (unpaired) electrons. The van der Waals surface area contributed by atoms with E-state index in [0.717, 1.165) is 31.5 Å². The molecule has 1 atom stereocenters. The van der Waals surface area contributed by atoms with Gasteiger partial charge in [-0.1, -0.05) is 5.21 Å². The van der Waals surface area contributed by atoms with Crippen LogP contribution in [0.1, 0.15) is 52.1 Å². The van der Waals surface area contributed by atoms with Crippen LogP contribution in [-0.4, -0.2) is 62.4 Å². The van der Waals surface area contributed by atoms with E-state index in [1.165, 1.54) is 0 Å². The minimum atomic E-state index is -0.473. The van der Waals surface area contributed by atoms with Gasteiger partial charge >= 0.3 is 6.09 Å². The molecule has 1 unspecified atom stereocenters. The Hall–Kier alpha value is -1.67. The number of nitrogens with one attached hydrogen (secondary N) is 1. The van der Waals surface area contributed by atoms with Gasteiger partial charge in [-0.25, -0.2) is 4.79 Å². The van der Waals surface area contributed by atoms with Gasteiger partial charge in [-0.2, -0.15) is 0 Å². The highest BCUT2D eigenvalue weighted by molar-refractivity contribution is 5.68. The molecule has 2 rings (SSSR count). The first-order chi connectivity index (χ1) is 11.9. The van der Waals surface area contributed by atoms with Crippen molar-refractivity contribution in [2.45, 2.75) is 71.2 Å². The molecule has 1 fully saturated rings. The molecule has 1 aromatic heterocycles. The number of likely N-dealkylation sites (tertiary alicyclic amines) is 1. The third-order valence-electron chi connectivity index (χ3n) is 4.07. The summed E-state index contributed by atoms with van der Waals surface area (Å²) in [6, 6.07) is 0.146. The third-order valence-corrected chi connectivity index (χ3v) is 4.07. The third kappa shape index (κ3) is 6.62. The van der Waals surface area contributed by atoms with Crippen molar-refractivity contribution >= 4 is 6.09 Å². The molecule has 2 heterocycles. The van der Waals surface area contributed by atoms with Crippen molar-refractivity contribution in [1.29, 1.82) is 0 Å². The number of aromatic nitrogens is 3. The maximum absolute atomic E-state index is 12.4. The molecule has 8 heteroatoms. The topological polar surface area (TPSA) is 92.5 Å². The van der Waals surface area contributed by atoms with Gasteiger partial charge in [0.05, 0.1) is 5.69 Å². The Bertz CT molecular complexity index is 541. The first-order valence-corrected chi connectivity index (χ1v) is 9.09. The van der Waals surface area contributed by atoms with Crippen LogP contribution in [0.15, 0.2) is 6.20 Å². The van der Waals surface area contributed by atoms with Gasteiger partial charge in [0.1, 0.15) is 5.60 Å². The number of carbonyl (C=O) groups is 1. The van der Waals surface area contributed by atoms with Crippen LogP contribution in [-0.2, 0) is 17.8 Å². The first kappa shape index (κ1) is 19.7. The zero-order valence-electron chi connectivity index (χ0n) is 15.6. The second-order valence-electron chi connectivity index (χ2n) is 7.50. The van der Waals surface area contributed by atoms with E-state index in [2.05, 4.69) is 15.6 Å². The second kappa shape index (κ2) is 9.15. The van der Waals surface area contributed by atoms with E-state index in [-0.39, 0.29) is 18.7 Å². The van der Waals surface area contributed by atoms with Crippen LogP contribution < -0.4 is 5.32 Å². The Morgan fingerprint density at radius 1 is 1.44 bits per heavy atom. The van der Waals surface area contributed by atoms with Crippen LogP contribution in [0.3, 0.4) is 0 Å². The van der Waals surface area contributed by atoms with E-state index in [0.29, 0.717) is 26.1 Å². The number of ether oxygens (including phenoxy) is 1. The van der Waals surface area contributed by atoms with Gasteiger partial charge in [-0.15, -0.1) is 5.10 Å². The highest BCUT2D eigenvalue weighted by atomic mass is 16.6. The van der Waals surface area contributed by atoms with Crippen molar-refractivity contribution in [3.05, 3.63) is 11.9 Å². The predicted octanol–water partition coefficient (Wildman–Crippen LogP) is 1.54. The molecule has 0 bridgehead atoms. The SMILES string of the molecule is CC(C)(C)OC(=O)N1CCCCC1CNCc1cn(CCCO)nn1. The maximum Gasteiger partial charge on any atom is 0.410 e. The number of carbonyl (C=O) groups excluding carboxylic acids is 1. The molecule has 142 valence electrons. The summed E-state index contributed by atoms with van der Waals surface area (Å²) in [7, 11) is 0. The Morgan fingerprint density at radius 3 is 2.96 bits per heavy atom. The van der Waals surface area contributed by atoms with Crippen LogP contribution >= 0.6 is 0 Å².